The lowest BCUT2D eigenvalue weighted by Crippen LogP contribution is -2.30. The van der Waals surface area contributed by atoms with Gasteiger partial charge in [0.1, 0.15) is 0 Å². The van der Waals surface area contributed by atoms with Crippen LogP contribution in [-0.2, 0) is 6.54 Å². The zero-order valence-electron chi connectivity index (χ0n) is 10.4. The van der Waals surface area contributed by atoms with Crippen LogP contribution in [-0.4, -0.2) is 23.1 Å². The van der Waals surface area contributed by atoms with Gasteiger partial charge in [0, 0.05) is 32.0 Å². The Bertz CT molecular complexity index is 478. The van der Waals surface area contributed by atoms with Crippen LogP contribution in [0.2, 0.25) is 0 Å². The molecule has 0 aliphatic carbocycles. The highest BCUT2D eigenvalue weighted by Gasteiger charge is 2.09. The highest BCUT2D eigenvalue weighted by molar-refractivity contribution is 9.10. The van der Waals surface area contributed by atoms with Crippen LogP contribution in [0.25, 0.3) is 0 Å². The number of hydrogen-bond acceptors (Lipinski definition) is 4. The number of hydrogen-bond donors (Lipinski definition) is 1. The first kappa shape index (κ1) is 15.9. The monoisotopic (exact) mass is 342 g/mol. The average Bonchev–Trinajstić information content (AvgIpc) is 2.40. The third-order valence-electron chi connectivity index (χ3n) is 2.50. The van der Waals surface area contributed by atoms with Crippen LogP contribution in [0.5, 0.6) is 0 Å². The second-order valence-electron chi connectivity index (χ2n) is 3.90. The molecule has 102 valence electrons. The molecular formula is C13H16BrClN4. The second kappa shape index (κ2) is 8.09. The van der Waals surface area contributed by atoms with E-state index in [9.17, 15) is 0 Å². The SMILES string of the molecule is Cl.NCCN(Cc1ccccc1)c1ncc(Br)cn1. The van der Waals surface area contributed by atoms with Crippen LogP contribution in [0.15, 0.2) is 47.2 Å². The molecule has 1 aromatic carbocycles. The van der Waals surface area contributed by atoms with E-state index < -0.39 is 0 Å². The van der Waals surface area contributed by atoms with Crippen molar-refractivity contribution in [1.29, 1.82) is 0 Å². The van der Waals surface area contributed by atoms with Crippen molar-refractivity contribution in [3.05, 3.63) is 52.8 Å². The molecule has 19 heavy (non-hydrogen) atoms. The number of benzene rings is 1. The van der Waals surface area contributed by atoms with Crippen LogP contribution in [0.3, 0.4) is 0 Å². The summed E-state index contributed by atoms with van der Waals surface area (Å²) in [4.78, 5) is 10.7. The van der Waals surface area contributed by atoms with E-state index in [-0.39, 0.29) is 12.4 Å². The molecule has 0 atom stereocenters. The Balaban J connectivity index is 0.00000180. The fourth-order valence-electron chi connectivity index (χ4n) is 1.68. The molecule has 0 aliphatic rings. The minimum absolute atomic E-state index is 0. The molecule has 0 fully saturated rings. The van der Waals surface area contributed by atoms with Crippen molar-refractivity contribution < 1.29 is 0 Å². The van der Waals surface area contributed by atoms with E-state index in [0.717, 1.165) is 17.6 Å². The third kappa shape index (κ3) is 4.78. The quantitative estimate of drug-likeness (QED) is 0.907. The van der Waals surface area contributed by atoms with Crippen molar-refractivity contribution in [2.24, 2.45) is 5.73 Å². The molecule has 2 aromatic rings. The average molecular weight is 344 g/mol. The molecule has 0 unspecified atom stereocenters. The number of aromatic nitrogens is 2. The molecule has 1 aromatic heterocycles. The maximum absolute atomic E-state index is 5.64. The summed E-state index contributed by atoms with van der Waals surface area (Å²) in [6.07, 6.45) is 3.49. The summed E-state index contributed by atoms with van der Waals surface area (Å²) in [6.45, 7) is 2.07. The lowest BCUT2D eigenvalue weighted by Gasteiger charge is -2.21. The number of nitrogens with two attached hydrogens (primary N) is 1. The predicted molar refractivity (Wildman–Crippen MR) is 83.5 cm³/mol. The van der Waals surface area contributed by atoms with Gasteiger partial charge < -0.3 is 10.6 Å². The van der Waals surface area contributed by atoms with E-state index in [0.29, 0.717) is 12.5 Å². The molecular weight excluding hydrogens is 328 g/mol. The minimum Gasteiger partial charge on any atom is -0.335 e. The van der Waals surface area contributed by atoms with E-state index >= 15 is 0 Å². The molecule has 0 spiro atoms. The summed E-state index contributed by atoms with van der Waals surface area (Å²) in [5, 5.41) is 0. The van der Waals surface area contributed by atoms with Gasteiger partial charge in [-0.15, -0.1) is 12.4 Å². The van der Waals surface area contributed by atoms with Crippen molar-refractivity contribution in [2.45, 2.75) is 6.54 Å². The lowest BCUT2D eigenvalue weighted by molar-refractivity contribution is 0.757. The van der Waals surface area contributed by atoms with E-state index in [1.54, 1.807) is 12.4 Å². The van der Waals surface area contributed by atoms with Gasteiger partial charge in [0.05, 0.1) is 4.47 Å². The van der Waals surface area contributed by atoms with Gasteiger partial charge in [0.25, 0.3) is 0 Å². The van der Waals surface area contributed by atoms with Crippen molar-refractivity contribution in [3.8, 4) is 0 Å². The molecule has 0 radical (unpaired) electrons. The van der Waals surface area contributed by atoms with E-state index in [1.165, 1.54) is 5.56 Å². The Morgan fingerprint density at radius 3 is 2.32 bits per heavy atom. The Morgan fingerprint density at radius 2 is 1.74 bits per heavy atom. The molecule has 1 heterocycles. The Labute approximate surface area is 127 Å². The number of anilines is 1. The predicted octanol–water partition coefficient (Wildman–Crippen LogP) is 2.63. The molecule has 2 N–H and O–H groups in total. The van der Waals surface area contributed by atoms with Crippen LogP contribution in [0, 0.1) is 0 Å². The molecule has 0 saturated heterocycles. The van der Waals surface area contributed by atoms with Crippen LogP contribution in [0.1, 0.15) is 5.56 Å². The van der Waals surface area contributed by atoms with Gasteiger partial charge in [-0.25, -0.2) is 9.97 Å². The summed E-state index contributed by atoms with van der Waals surface area (Å²) in [7, 11) is 0. The van der Waals surface area contributed by atoms with Gasteiger partial charge in [-0.3, -0.25) is 0 Å². The Hall–Kier alpha value is -1.17. The first-order valence-electron chi connectivity index (χ1n) is 5.76. The van der Waals surface area contributed by atoms with E-state index in [4.69, 9.17) is 5.73 Å². The van der Waals surface area contributed by atoms with Gasteiger partial charge in [0.2, 0.25) is 5.95 Å². The molecule has 4 nitrogen and oxygen atoms in total. The van der Waals surface area contributed by atoms with Crippen LogP contribution < -0.4 is 10.6 Å². The smallest absolute Gasteiger partial charge is 0.225 e. The van der Waals surface area contributed by atoms with Gasteiger partial charge >= 0.3 is 0 Å². The van der Waals surface area contributed by atoms with Gasteiger partial charge in [-0.1, -0.05) is 30.3 Å². The minimum atomic E-state index is 0. The van der Waals surface area contributed by atoms with Crippen molar-refractivity contribution in [2.75, 3.05) is 18.0 Å². The maximum Gasteiger partial charge on any atom is 0.225 e. The molecule has 6 heteroatoms. The van der Waals surface area contributed by atoms with Crippen molar-refractivity contribution in [1.82, 2.24) is 9.97 Å². The van der Waals surface area contributed by atoms with E-state index in [1.807, 2.05) is 18.2 Å². The zero-order chi connectivity index (χ0) is 12.8. The van der Waals surface area contributed by atoms with Gasteiger partial charge in [-0.05, 0) is 21.5 Å². The summed E-state index contributed by atoms with van der Waals surface area (Å²) in [6, 6.07) is 10.2. The van der Waals surface area contributed by atoms with Crippen molar-refractivity contribution in [3.63, 3.8) is 0 Å². The Morgan fingerprint density at radius 1 is 1.11 bits per heavy atom. The van der Waals surface area contributed by atoms with Gasteiger partial charge in [0.15, 0.2) is 0 Å². The summed E-state index contributed by atoms with van der Waals surface area (Å²) < 4.78 is 0.874. The van der Waals surface area contributed by atoms with E-state index in [2.05, 4.69) is 42.9 Å². The van der Waals surface area contributed by atoms with Gasteiger partial charge in [-0.2, -0.15) is 0 Å². The summed E-state index contributed by atoms with van der Waals surface area (Å²) in [5.74, 6) is 0.701. The topological polar surface area (TPSA) is 55.0 Å². The fourth-order valence-corrected chi connectivity index (χ4v) is 1.88. The number of rotatable bonds is 5. The second-order valence-corrected chi connectivity index (χ2v) is 4.81. The Kier molecular flexibility index (Phi) is 6.77. The normalized spacial score (nSPS) is 9.79. The first-order chi connectivity index (χ1) is 8.79. The van der Waals surface area contributed by atoms with Crippen LogP contribution >= 0.6 is 28.3 Å². The summed E-state index contributed by atoms with van der Waals surface area (Å²) >= 11 is 3.33. The molecule has 0 saturated carbocycles. The largest absolute Gasteiger partial charge is 0.335 e. The first-order valence-corrected chi connectivity index (χ1v) is 6.55. The highest BCUT2D eigenvalue weighted by Crippen LogP contribution is 2.13. The number of halogens is 2. The molecule has 0 bridgehead atoms. The fraction of sp³-hybridized carbons (Fsp3) is 0.231. The number of nitrogens with zero attached hydrogens (tertiary/aromatic N) is 3. The highest BCUT2D eigenvalue weighted by atomic mass is 79.9. The van der Waals surface area contributed by atoms with Crippen LogP contribution in [0.4, 0.5) is 5.95 Å². The summed E-state index contributed by atoms with van der Waals surface area (Å²) in [5.41, 5.74) is 6.86. The zero-order valence-corrected chi connectivity index (χ0v) is 12.8. The molecule has 2 rings (SSSR count). The molecule has 0 amide bonds. The lowest BCUT2D eigenvalue weighted by atomic mass is 10.2. The third-order valence-corrected chi connectivity index (χ3v) is 2.91. The van der Waals surface area contributed by atoms with Crippen molar-refractivity contribution >= 4 is 34.3 Å². The standard InChI is InChI=1S/C13H15BrN4.ClH/c14-12-8-16-13(17-9-12)18(7-6-15)10-11-4-2-1-3-5-11;/h1-5,8-9H,6-7,10,15H2;1H. The maximum atomic E-state index is 5.64. The molecule has 0 aliphatic heterocycles.